The van der Waals surface area contributed by atoms with Crippen LogP contribution in [0.1, 0.15) is 39.9 Å². The summed E-state index contributed by atoms with van der Waals surface area (Å²) < 4.78 is 10.7. The SMILES string of the molecule is COc1ccc([C@H]2[C@H](C(=O)O)c3ccccc3C(=O)N2CCCCl)cc1OC. The van der Waals surface area contributed by atoms with Crippen LogP contribution in [0.25, 0.3) is 0 Å². The number of methoxy groups -OCH3 is 2. The molecule has 0 aromatic heterocycles. The van der Waals surface area contributed by atoms with Crippen molar-refractivity contribution in [3.05, 3.63) is 59.2 Å². The zero-order chi connectivity index (χ0) is 20.3. The summed E-state index contributed by atoms with van der Waals surface area (Å²) in [6, 6.07) is 11.4. The Morgan fingerprint density at radius 2 is 1.86 bits per heavy atom. The van der Waals surface area contributed by atoms with Crippen molar-refractivity contribution < 1.29 is 24.2 Å². The van der Waals surface area contributed by atoms with Gasteiger partial charge in [0, 0.05) is 18.0 Å². The maximum absolute atomic E-state index is 13.2. The fourth-order valence-corrected chi connectivity index (χ4v) is 3.86. The molecule has 2 atom stereocenters. The molecule has 7 heteroatoms. The molecular weight excluding hydrogens is 382 g/mol. The van der Waals surface area contributed by atoms with Crippen LogP contribution in [0.4, 0.5) is 0 Å². The second-order valence-electron chi connectivity index (χ2n) is 6.50. The Labute approximate surface area is 168 Å². The van der Waals surface area contributed by atoms with E-state index < -0.39 is 17.9 Å². The van der Waals surface area contributed by atoms with Gasteiger partial charge in [0.2, 0.25) is 0 Å². The molecule has 1 N–H and O–H groups in total. The third kappa shape index (κ3) is 3.52. The van der Waals surface area contributed by atoms with Gasteiger partial charge in [0.05, 0.1) is 20.3 Å². The average Bonchev–Trinajstić information content (AvgIpc) is 2.72. The second kappa shape index (κ2) is 8.52. The zero-order valence-corrected chi connectivity index (χ0v) is 16.5. The lowest BCUT2D eigenvalue weighted by Crippen LogP contribution is -2.45. The first-order chi connectivity index (χ1) is 13.5. The van der Waals surface area contributed by atoms with Crippen molar-refractivity contribution in [2.75, 3.05) is 26.6 Å². The van der Waals surface area contributed by atoms with Gasteiger partial charge in [0.1, 0.15) is 5.92 Å². The van der Waals surface area contributed by atoms with Crippen molar-refractivity contribution >= 4 is 23.5 Å². The van der Waals surface area contributed by atoms with Crippen LogP contribution in [0.2, 0.25) is 0 Å². The molecule has 0 bridgehead atoms. The molecular formula is C21H22ClNO5. The van der Waals surface area contributed by atoms with Gasteiger partial charge in [-0.3, -0.25) is 9.59 Å². The standard InChI is InChI=1S/C21H22ClNO5/c1-27-16-9-8-13(12-17(16)28-2)19-18(21(25)26)14-6-3-4-7-15(14)20(24)23(19)11-5-10-22/h3-4,6-9,12,18-19H,5,10-11H2,1-2H3,(H,25,26)/t18-,19+/m1/s1. The number of halogens is 1. The van der Waals surface area contributed by atoms with E-state index in [2.05, 4.69) is 0 Å². The topological polar surface area (TPSA) is 76.1 Å². The molecule has 0 saturated carbocycles. The lowest BCUT2D eigenvalue weighted by Gasteiger charge is -2.41. The molecule has 1 aliphatic heterocycles. The van der Waals surface area contributed by atoms with Gasteiger partial charge in [-0.1, -0.05) is 24.3 Å². The summed E-state index contributed by atoms with van der Waals surface area (Å²) in [5.41, 5.74) is 1.60. The van der Waals surface area contributed by atoms with Crippen LogP contribution in [0.5, 0.6) is 11.5 Å². The minimum absolute atomic E-state index is 0.196. The fourth-order valence-electron chi connectivity index (χ4n) is 3.74. The number of carbonyl (C=O) groups is 2. The van der Waals surface area contributed by atoms with Crippen molar-refractivity contribution in [3.63, 3.8) is 0 Å². The van der Waals surface area contributed by atoms with Crippen molar-refractivity contribution in [3.8, 4) is 11.5 Å². The Hall–Kier alpha value is -2.73. The number of carboxylic acid groups (broad SMARTS) is 1. The van der Waals surface area contributed by atoms with E-state index in [-0.39, 0.29) is 5.91 Å². The van der Waals surface area contributed by atoms with E-state index in [0.717, 1.165) is 0 Å². The zero-order valence-electron chi connectivity index (χ0n) is 15.7. The number of carboxylic acids is 1. The highest BCUT2D eigenvalue weighted by Crippen LogP contribution is 2.44. The first-order valence-electron chi connectivity index (χ1n) is 8.94. The Balaban J connectivity index is 2.18. The largest absolute Gasteiger partial charge is 0.493 e. The van der Waals surface area contributed by atoms with Crippen molar-refractivity contribution in [2.45, 2.75) is 18.4 Å². The molecule has 0 fully saturated rings. The Bertz CT molecular complexity index is 885. The number of rotatable bonds is 7. The van der Waals surface area contributed by atoms with Gasteiger partial charge >= 0.3 is 5.97 Å². The van der Waals surface area contributed by atoms with E-state index in [1.54, 1.807) is 47.4 Å². The van der Waals surface area contributed by atoms with E-state index in [4.69, 9.17) is 21.1 Å². The van der Waals surface area contributed by atoms with E-state index in [1.807, 2.05) is 0 Å². The Morgan fingerprint density at radius 3 is 2.50 bits per heavy atom. The maximum Gasteiger partial charge on any atom is 0.313 e. The van der Waals surface area contributed by atoms with Crippen LogP contribution in [0, 0.1) is 0 Å². The third-order valence-electron chi connectivity index (χ3n) is 4.99. The lowest BCUT2D eigenvalue weighted by molar-refractivity contribution is -0.140. The number of ether oxygens (including phenoxy) is 2. The van der Waals surface area contributed by atoms with Gasteiger partial charge in [0.15, 0.2) is 11.5 Å². The summed E-state index contributed by atoms with van der Waals surface area (Å²) in [6.45, 7) is 0.361. The normalized spacial score (nSPS) is 18.5. The van der Waals surface area contributed by atoms with Crippen LogP contribution in [0.15, 0.2) is 42.5 Å². The molecule has 6 nitrogen and oxygen atoms in total. The highest BCUT2D eigenvalue weighted by Gasteiger charge is 2.44. The molecule has 0 spiro atoms. The Morgan fingerprint density at radius 1 is 1.14 bits per heavy atom. The van der Waals surface area contributed by atoms with Gasteiger partial charge in [-0.15, -0.1) is 11.6 Å². The number of hydrogen-bond acceptors (Lipinski definition) is 4. The smallest absolute Gasteiger partial charge is 0.313 e. The number of hydrogen-bond donors (Lipinski definition) is 1. The van der Waals surface area contributed by atoms with E-state index in [0.29, 0.717) is 47.0 Å². The van der Waals surface area contributed by atoms with Crippen LogP contribution < -0.4 is 9.47 Å². The molecule has 0 radical (unpaired) electrons. The summed E-state index contributed by atoms with van der Waals surface area (Å²) in [7, 11) is 3.05. The maximum atomic E-state index is 13.2. The molecule has 148 valence electrons. The minimum atomic E-state index is -0.990. The number of aliphatic carboxylic acids is 1. The number of alkyl halides is 1. The molecule has 0 aliphatic carbocycles. The van der Waals surface area contributed by atoms with Gasteiger partial charge in [-0.25, -0.2) is 0 Å². The highest BCUT2D eigenvalue weighted by atomic mass is 35.5. The minimum Gasteiger partial charge on any atom is -0.493 e. The molecule has 3 rings (SSSR count). The quantitative estimate of drug-likeness (QED) is 0.713. The molecule has 0 unspecified atom stereocenters. The monoisotopic (exact) mass is 403 g/mol. The van der Waals surface area contributed by atoms with Gasteiger partial charge in [-0.2, -0.15) is 0 Å². The third-order valence-corrected chi connectivity index (χ3v) is 5.25. The number of carbonyl (C=O) groups excluding carboxylic acids is 1. The van der Waals surface area contributed by atoms with Crippen molar-refractivity contribution in [2.24, 2.45) is 0 Å². The predicted octanol–water partition coefficient (Wildman–Crippen LogP) is 3.70. The van der Waals surface area contributed by atoms with Gasteiger partial charge < -0.3 is 19.5 Å². The van der Waals surface area contributed by atoms with Gasteiger partial charge in [-0.05, 0) is 35.7 Å². The molecule has 1 aliphatic rings. The fraction of sp³-hybridized carbons (Fsp3) is 0.333. The molecule has 2 aromatic carbocycles. The van der Waals surface area contributed by atoms with Crippen LogP contribution >= 0.6 is 11.6 Å². The van der Waals surface area contributed by atoms with E-state index >= 15 is 0 Å². The van der Waals surface area contributed by atoms with Crippen molar-refractivity contribution in [1.82, 2.24) is 4.90 Å². The first kappa shape index (κ1) is 20.0. The number of amides is 1. The number of nitrogens with zero attached hydrogens (tertiary/aromatic N) is 1. The average molecular weight is 404 g/mol. The van der Waals surface area contributed by atoms with Crippen molar-refractivity contribution in [1.29, 1.82) is 0 Å². The second-order valence-corrected chi connectivity index (χ2v) is 6.88. The highest BCUT2D eigenvalue weighted by molar-refractivity contribution is 6.17. The van der Waals surface area contributed by atoms with E-state index in [1.165, 1.54) is 14.2 Å². The molecule has 1 amide bonds. The first-order valence-corrected chi connectivity index (χ1v) is 9.47. The summed E-state index contributed by atoms with van der Waals surface area (Å²) in [5, 5.41) is 10.1. The summed E-state index contributed by atoms with van der Waals surface area (Å²) in [6.07, 6.45) is 0.561. The van der Waals surface area contributed by atoms with Crippen LogP contribution in [-0.4, -0.2) is 48.5 Å². The number of benzene rings is 2. The van der Waals surface area contributed by atoms with Crippen LogP contribution in [-0.2, 0) is 4.79 Å². The molecule has 28 heavy (non-hydrogen) atoms. The predicted molar refractivity (Wildman–Crippen MR) is 105 cm³/mol. The number of fused-ring (bicyclic) bond motifs is 1. The summed E-state index contributed by atoms with van der Waals surface area (Å²) in [4.78, 5) is 27.1. The summed E-state index contributed by atoms with van der Waals surface area (Å²) >= 11 is 5.86. The lowest BCUT2D eigenvalue weighted by atomic mass is 9.79. The molecule has 0 saturated heterocycles. The summed E-state index contributed by atoms with van der Waals surface area (Å²) in [5.74, 6) is -0.696. The van der Waals surface area contributed by atoms with Crippen LogP contribution in [0.3, 0.4) is 0 Å². The van der Waals surface area contributed by atoms with E-state index in [9.17, 15) is 14.7 Å². The Kier molecular flexibility index (Phi) is 6.09. The van der Waals surface area contributed by atoms with Gasteiger partial charge in [0.25, 0.3) is 5.91 Å². The molecule has 2 aromatic rings. The molecule has 1 heterocycles.